The lowest BCUT2D eigenvalue weighted by Gasteiger charge is -2.25. The monoisotopic (exact) mass is 394 g/mol. The number of rotatable bonds is 6. The van der Waals surface area contributed by atoms with Gasteiger partial charge in [0.15, 0.2) is 0 Å². The van der Waals surface area contributed by atoms with E-state index in [2.05, 4.69) is 0 Å². The molecule has 0 spiro atoms. The second-order valence-electron chi connectivity index (χ2n) is 5.95. The van der Waals surface area contributed by atoms with Gasteiger partial charge < -0.3 is 22.2 Å². The minimum atomic E-state index is -0.855. The number of carbonyl (C=O) groups excluding carboxylic acids is 2. The van der Waals surface area contributed by atoms with Crippen molar-refractivity contribution in [1.29, 1.82) is 0 Å². The number of imide groups is 1. The third-order valence-electron chi connectivity index (χ3n) is 4.10. The zero-order chi connectivity index (χ0) is 19.9. The number of hydrogen-bond acceptors (Lipinski definition) is 4. The number of nitrogens with zero attached hydrogens (tertiary/aromatic N) is 1. The van der Waals surface area contributed by atoms with E-state index in [1.54, 1.807) is 18.2 Å². The van der Waals surface area contributed by atoms with Crippen LogP contribution in [0.3, 0.4) is 0 Å². The van der Waals surface area contributed by atoms with Crippen molar-refractivity contribution in [2.24, 2.45) is 0 Å². The Kier molecular flexibility index (Phi) is 6.34. The molecule has 142 valence electrons. The lowest BCUT2D eigenvalue weighted by atomic mass is 10.0. The number of benzene rings is 3. The smallest absolute Gasteiger partial charge is 0.263 e. The van der Waals surface area contributed by atoms with E-state index in [1.165, 1.54) is 24.3 Å². The van der Waals surface area contributed by atoms with Crippen LogP contribution in [0.25, 0.3) is 0 Å². The Balaban J connectivity index is 1.80. The Morgan fingerprint density at radius 1 is 0.893 bits per heavy atom. The van der Waals surface area contributed by atoms with Crippen molar-refractivity contribution < 1.29 is 18.7 Å². The van der Waals surface area contributed by atoms with Crippen LogP contribution in [-0.4, -0.2) is 17.8 Å². The molecule has 0 bridgehead atoms. The standard InChI is InChI=1S/C22H18FNO3S/c23-17-10-12-18(13-11-17)24(22(26)28)21(25)20-9-5-4-6-16(20)14-15-27-19-7-2-1-3-8-19/h1-13H,14-15H2,(H,26,28)/p-1. The maximum absolute atomic E-state index is 13.2. The molecular weight excluding hydrogens is 377 g/mol. The molecule has 0 aliphatic heterocycles. The summed E-state index contributed by atoms with van der Waals surface area (Å²) in [6.07, 6.45) is 0.472. The summed E-state index contributed by atoms with van der Waals surface area (Å²) < 4.78 is 18.9. The third kappa shape index (κ3) is 4.72. The van der Waals surface area contributed by atoms with Gasteiger partial charge >= 0.3 is 0 Å². The molecule has 0 N–H and O–H groups in total. The van der Waals surface area contributed by atoms with Gasteiger partial charge in [-0.05, 0) is 48.0 Å². The molecule has 28 heavy (non-hydrogen) atoms. The van der Waals surface area contributed by atoms with Crippen LogP contribution < -0.4 is 9.64 Å². The van der Waals surface area contributed by atoms with Crippen LogP contribution >= 0.6 is 0 Å². The van der Waals surface area contributed by atoms with Gasteiger partial charge in [-0.25, -0.2) is 4.39 Å². The van der Waals surface area contributed by atoms with Crippen molar-refractivity contribution in [1.82, 2.24) is 0 Å². The summed E-state index contributed by atoms with van der Waals surface area (Å²) >= 11 is 4.73. The van der Waals surface area contributed by atoms with Gasteiger partial charge in [0.05, 0.1) is 12.3 Å². The van der Waals surface area contributed by atoms with Gasteiger partial charge in [0, 0.05) is 12.0 Å². The molecule has 0 saturated heterocycles. The molecule has 0 fully saturated rings. The average Bonchev–Trinajstić information content (AvgIpc) is 2.70. The molecule has 0 aromatic heterocycles. The first kappa shape index (κ1) is 19.5. The lowest BCUT2D eigenvalue weighted by molar-refractivity contribution is 0.0996. The predicted octanol–water partition coefficient (Wildman–Crippen LogP) is 4.76. The molecule has 0 saturated carbocycles. The normalized spacial score (nSPS) is 10.3. The largest absolute Gasteiger partial charge is 0.718 e. The summed E-state index contributed by atoms with van der Waals surface area (Å²) in [6, 6.07) is 21.4. The Hall–Kier alpha value is -3.25. The van der Waals surface area contributed by atoms with Crippen molar-refractivity contribution in [3.05, 3.63) is 95.8 Å². The van der Waals surface area contributed by atoms with Crippen LogP contribution in [0.1, 0.15) is 15.9 Å². The average molecular weight is 394 g/mol. The molecule has 0 unspecified atom stereocenters. The highest BCUT2D eigenvalue weighted by atomic mass is 32.1. The van der Waals surface area contributed by atoms with Gasteiger partial charge in [-0.3, -0.25) is 9.69 Å². The molecule has 6 heteroatoms. The number of carbonyl (C=O) groups is 2. The van der Waals surface area contributed by atoms with Crippen LogP contribution in [0.15, 0.2) is 78.9 Å². The number of amides is 2. The van der Waals surface area contributed by atoms with Gasteiger partial charge in [-0.2, -0.15) is 0 Å². The fourth-order valence-corrected chi connectivity index (χ4v) is 2.95. The topological polar surface area (TPSA) is 46.6 Å². The number of halogens is 1. The summed E-state index contributed by atoms with van der Waals surface area (Å²) in [5.41, 5.74) is 1.30. The second kappa shape index (κ2) is 9.10. The van der Waals surface area contributed by atoms with Crippen LogP contribution in [0, 0.1) is 5.82 Å². The van der Waals surface area contributed by atoms with E-state index in [1.807, 2.05) is 36.4 Å². The van der Waals surface area contributed by atoms with E-state index in [0.29, 0.717) is 18.6 Å². The lowest BCUT2D eigenvalue weighted by Crippen LogP contribution is -2.35. The van der Waals surface area contributed by atoms with E-state index in [-0.39, 0.29) is 5.69 Å². The molecular formula is C22H17FNO3S-. The molecule has 0 radical (unpaired) electrons. The Labute approximate surface area is 168 Å². The van der Waals surface area contributed by atoms with Gasteiger partial charge in [0.1, 0.15) is 16.8 Å². The first-order valence-corrected chi connectivity index (χ1v) is 9.04. The van der Waals surface area contributed by atoms with Gasteiger partial charge in [0.25, 0.3) is 5.91 Å². The molecule has 3 rings (SSSR count). The van der Waals surface area contributed by atoms with E-state index < -0.39 is 17.0 Å². The Morgan fingerprint density at radius 3 is 2.21 bits per heavy atom. The van der Waals surface area contributed by atoms with Crippen LogP contribution in [0.2, 0.25) is 0 Å². The van der Waals surface area contributed by atoms with Crippen molar-refractivity contribution in [3.8, 4) is 5.75 Å². The number of ether oxygens (including phenoxy) is 1. The Bertz CT molecular complexity index is 961. The highest BCUT2D eigenvalue weighted by Gasteiger charge is 2.21. The van der Waals surface area contributed by atoms with Gasteiger partial charge in [-0.1, -0.05) is 36.4 Å². The first-order chi connectivity index (χ1) is 13.6. The molecule has 2 amide bonds. The first-order valence-electron chi connectivity index (χ1n) is 8.63. The highest BCUT2D eigenvalue weighted by molar-refractivity contribution is 7.77. The third-order valence-corrected chi connectivity index (χ3v) is 4.28. The van der Waals surface area contributed by atoms with Crippen molar-refractivity contribution >= 4 is 29.5 Å². The summed E-state index contributed by atoms with van der Waals surface area (Å²) in [5, 5.41) is -0.855. The predicted molar refractivity (Wildman–Crippen MR) is 108 cm³/mol. The molecule has 0 aliphatic carbocycles. The van der Waals surface area contributed by atoms with E-state index in [9.17, 15) is 14.0 Å². The maximum Gasteiger partial charge on any atom is 0.263 e. The van der Waals surface area contributed by atoms with Crippen LogP contribution in [0.4, 0.5) is 14.9 Å². The summed E-state index contributed by atoms with van der Waals surface area (Å²) in [5.74, 6) is -0.284. The van der Waals surface area contributed by atoms with E-state index >= 15 is 0 Å². The summed E-state index contributed by atoms with van der Waals surface area (Å²) in [7, 11) is 0. The Morgan fingerprint density at radius 2 is 1.54 bits per heavy atom. The van der Waals surface area contributed by atoms with E-state index in [4.69, 9.17) is 17.4 Å². The van der Waals surface area contributed by atoms with E-state index in [0.717, 1.165) is 16.2 Å². The fourth-order valence-electron chi connectivity index (χ4n) is 2.76. The fraction of sp³-hybridized carbons (Fsp3) is 0.0909. The van der Waals surface area contributed by atoms with Gasteiger partial charge in [-0.15, -0.1) is 0 Å². The molecule has 4 nitrogen and oxygen atoms in total. The minimum absolute atomic E-state index is 0.224. The number of para-hydroxylation sites is 1. The molecule has 0 heterocycles. The molecule has 0 aliphatic rings. The molecule has 3 aromatic carbocycles. The number of anilines is 1. The molecule has 3 aromatic rings. The zero-order valence-corrected chi connectivity index (χ0v) is 15.7. The zero-order valence-electron chi connectivity index (χ0n) is 14.9. The summed E-state index contributed by atoms with van der Waals surface area (Å²) in [4.78, 5) is 25.9. The van der Waals surface area contributed by atoms with Crippen LogP contribution in [0.5, 0.6) is 5.75 Å². The quantitative estimate of drug-likeness (QED) is 0.566. The summed E-state index contributed by atoms with van der Waals surface area (Å²) in [6.45, 7) is 0.368. The minimum Gasteiger partial charge on any atom is -0.718 e. The SMILES string of the molecule is O=C([S-])N(C(=O)c1ccccc1CCOc1ccccc1)c1ccc(F)cc1. The van der Waals surface area contributed by atoms with Crippen molar-refractivity contribution in [2.75, 3.05) is 11.5 Å². The van der Waals surface area contributed by atoms with Crippen molar-refractivity contribution in [2.45, 2.75) is 6.42 Å². The van der Waals surface area contributed by atoms with Crippen LogP contribution in [-0.2, 0) is 19.0 Å². The second-order valence-corrected chi connectivity index (χ2v) is 6.30. The molecule has 0 atom stereocenters. The van der Waals surface area contributed by atoms with Gasteiger partial charge in [0.2, 0.25) is 0 Å². The highest BCUT2D eigenvalue weighted by Crippen LogP contribution is 2.21. The number of hydrogen-bond donors (Lipinski definition) is 0. The maximum atomic E-state index is 13.2. The van der Waals surface area contributed by atoms with Crippen molar-refractivity contribution in [3.63, 3.8) is 0 Å².